The first-order valence-corrected chi connectivity index (χ1v) is 9.49. The van der Waals surface area contributed by atoms with E-state index in [2.05, 4.69) is 55.9 Å². The van der Waals surface area contributed by atoms with Gasteiger partial charge in [-0.1, -0.05) is 36.4 Å². The summed E-state index contributed by atoms with van der Waals surface area (Å²) in [5.41, 5.74) is 13.4. The third-order valence-corrected chi connectivity index (χ3v) is 4.82. The molecule has 4 aromatic rings. The van der Waals surface area contributed by atoms with Crippen molar-refractivity contribution in [2.24, 2.45) is 15.8 Å². The van der Waals surface area contributed by atoms with Crippen molar-refractivity contribution in [2.45, 2.75) is 25.8 Å². The van der Waals surface area contributed by atoms with Crippen LogP contribution in [0.1, 0.15) is 24.0 Å². The Morgan fingerprint density at radius 2 is 1.57 bits per heavy atom. The molecule has 0 atom stereocenters. The van der Waals surface area contributed by atoms with Crippen LogP contribution in [-0.4, -0.2) is 22.1 Å². The van der Waals surface area contributed by atoms with Gasteiger partial charge in [0, 0.05) is 40.4 Å². The van der Waals surface area contributed by atoms with Crippen LogP contribution in [0.3, 0.4) is 0 Å². The Bertz CT molecular complexity index is 1120. The zero-order chi connectivity index (χ0) is 19.2. The molecule has 2 aromatic heterocycles. The lowest BCUT2D eigenvalue weighted by molar-refractivity contribution is 0.868. The average molecular weight is 372 g/mol. The lowest BCUT2D eigenvalue weighted by Crippen LogP contribution is -2.27. The Kier molecular flexibility index (Phi) is 5.38. The van der Waals surface area contributed by atoms with Crippen LogP contribution >= 0.6 is 0 Å². The Morgan fingerprint density at radius 1 is 0.929 bits per heavy atom. The number of aryl methyl sites for hydroxylation is 1. The molecule has 0 spiro atoms. The summed E-state index contributed by atoms with van der Waals surface area (Å²) in [6.07, 6.45) is 8.83. The number of benzene rings is 2. The molecule has 0 aliphatic carbocycles. The monoisotopic (exact) mass is 372 g/mol. The van der Waals surface area contributed by atoms with Crippen LogP contribution in [0.5, 0.6) is 0 Å². The normalized spacial score (nSPS) is 12.4. The molecule has 0 unspecified atom stereocenters. The van der Waals surface area contributed by atoms with Gasteiger partial charge >= 0.3 is 0 Å². The molecule has 0 saturated heterocycles. The minimum absolute atomic E-state index is 0.318. The molecule has 2 aromatic carbocycles. The molecule has 6 heteroatoms. The molecule has 142 valence electrons. The van der Waals surface area contributed by atoms with Crippen molar-refractivity contribution in [3.8, 4) is 0 Å². The fourth-order valence-corrected chi connectivity index (χ4v) is 3.37. The summed E-state index contributed by atoms with van der Waals surface area (Å²) >= 11 is 0. The number of nitrogens with one attached hydrogen (secondary N) is 3. The number of aliphatic imine (C=N–C) groups is 1. The van der Waals surface area contributed by atoms with E-state index < -0.39 is 0 Å². The maximum absolute atomic E-state index is 5.90. The zero-order valence-corrected chi connectivity index (χ0v) is 15.7. The molecule has 0 saturated carbocycles. The van der Waals surface area contributed by atoms with Crippen molar-refractivity contribution < 1.29 is 0 Å². The lowest BCUT2D eigenvalue weighted by atomic mass is 10.1. The molecule has 6 nitrogen and oxygen atoms in total. The maximum atomic E-state index is 5.90. The number of nitrogens with two attached hydrogens (primary N) is 1. The highest BCUT2D eigenvalue weighted by atomic mass is 15.3. The van der Waals surface area contributed by atoms with Crippen LogP contribution in [0.15, 0.2) is 71.0 Å². The van der Waals surface area contributed by atoms with E-state index in [1.54, 1.807) is 0 Å². The Labute approximate surface area is 163 Å². The summed E-state index contributed by atoms with van der Waals surface area (Å²) < 4.78 is 0. The predicted octanol–water partition coefficient (Wildman–Crippen LogP) is 4.06. The van der Waals surface area contributed by atoms with Gasteiger partial charge in [-0.05, 0) is 42.5 Å². The van der Waals surface area contributed by atoms with Crippen molar-refractivity contribution in [3.63, 3.8) is 0 Å². The molecule has 0 amide bonds. The second-order valence-corrected chi connectivity index (χ2v) is 6.74. The topological polar surface area (TPSA) is 94.3 Å². The third kappa shape index (κ3) is 4.06. The van der Waals surface area contributed by atoms with Crippen molar-refractivity contribution in [1.29, 1.82) is 0 Å². The number of aromatic amines is 2. The summed E-state index contributed by atoms with van der Waals surface area (Å²) in [7, 11) is 0. The van der Waals surface area contributed by atoms with Crippen LogP contribution < -0.4 is 11.2 Å². The quantitative estimate of drug-likeness (QED) is 0.170. The van der Waals surface area contributed by atoms with Crippen LogP contribution in [0.25, 0.3) is 21.8 Å². The van der Waals surface area contributed by atoms with Gasteiger partial charge in [-0.15, -0.1) is 0 Å². The summed E-state index contributed by atoms with van der Waals surface area (Å²) in [5.74, 6) is 0.318. The van der Waals surface area contributed by atoms with E-state index in [0.717, 1.165) is 30.3 Å². The van der Waals surface area contributed by atoms with Crippen molar-refractivity contribution >= 4 is 34.0 Å². The number of rotatable bonds is 7. The number of hydrazone groups is 1. The van der Waals surface area contributed by atoms with Crippen LogP contribution in [0, 0.1) is 0 Å². The fourth-order valence-electron chi connectivity index (χ4n) is 3.37. The number of unbranched alkanes of at least 4 members (excludes halogenated alkanes) is 1. The average Bonchev–Trinajstić information content (AvgIpc) is 3.33. The van der Waals surface area contributed by atoms with Crippen LogP contribution in [0.4, 0.5) is 0 Å². The summed E-state index contributed by atoms with van der Waals surface area (Å²) in [5, 5.41) is 6.63. The first-order valence-electron chi connectivity index (χ1n) is 9.49. The van der Waals surface area contributed by atoms with Gasteiger partial charge in [-0.2, -0.15) is 5.10 Å². The molecule has 5 N–H and O–H groups in total. The van der Waals surface area contributed by atoms with Gasteiger partial charge in [0.2, 0.25) is 5.96 Å². The molecule has 0 aliphatic heterocycles. The van der Waals surface area contributed by atoms with E-state index in [4.69, 9.17) is 5.73 Å². The van der Waals surface area contributed by atoms with Gasteiger partial charge in [-0.3, -0.25) is 0 Å². The van der Waals surface area contributed by atoms with Gasteiger partial charge in [0.15, 0.2) is 0 Å². The molecule has 0 bridgehead atoms. The first-order chi connectivity index (χ1) is 13.8. The number of nitrogens with zero attached hydrogens (tertiary/aromatic N) is 2. The largest absolute Gasteiger partial charge is 0.369 e. The molecule has 0 radical (unpaired) electrons. The first kappa shape index (κ1) is 17.9. The van der Waals surface area contributed by atoms with Gasteiger partial charge in [0.25, 0.3) is 0 Å². The minimum atomic E-state index is 0.318. The number of hydrogen-bond donors (Lipinski definition) is 4. The highest BCUT2D eigenvalue weighted by molar-refractivity contribution is 5.84. The Balaban J connectivity index is 1.22. The van der Waals surface area contributed by atoms with Gasteiger partial charge in [0.05, 0.1) is 6.54 Å². The molecule has 4 rings (SSSR count). The summed E-state index contributed by atoms with van der Waals surface area (Å²) in [6, 6.07) is 16.5. The highest BCUT2D eigenvalue weighted by Gasteiger charge is 2.02. The highest BCUT2D eigenvalue weighted by Crippen LogP contribution is 2.19. The molecule has 0 aliphatic rings. The van der Waals surface area contributed by atoms with Crippen LogP contribution in [-0.2, 0) is 13.0 Å². The Hall–Kier alpha value is -3.54. The number of para-hydroxylation sites is 2. The van der Waals surface area contributed by atoms with E-state index in [1.807, 2.05) is 36.7 Å². The molecule has 0 fully saturated rings. The third-order valence-electron chi connectivity index (χ3n) is 4.82. The SMILES string of the molecule is NC(=NCc1c[nH]c2ccccc12)N/N=C/CCCc1c[nH]c2ccccc12. The second-order valence-electron chi connectivity index (χ2n) is 6.74. The number of fused-ring (bicyclic) bond motifs is 2. The maximum Gasteiger partial charge on any atom is 0.209 e. The number of guanidine groups is 1. The number of hydrogen-bond acceptors (Lipinski definition) is 2. The Morgan fingerprint density at radius 3 is 2.32 bits per heavy atom. The summed E-state index contributed by atoms with van der Waals surface area (Å²) in [4.78, 5) is 10.9. The van der Waals surface area contributed by atoms with Gasteiger partial charge in [0.1, 0.15) is 0 Å². The van der Waals surface area contributed by atoms with Crippen LogP contribution in [0.2, 0.25) is 0 Å². The molecular weight excluding hydrogens is 348 g/mol. The zero-order valence-electron chi connectivity index (χ0n) is 15.7. The lowest BCUT2D eigenvalue weighted by Gasteiger charge is -2.00. The fraction of sp³-hybridized carbons (Fsp3) is 0.182. The molecule has 2 heterocycles. The van der Waals surface area contributed by atoms with Crippen molar-refractivity contribution in [3.05, 3.63) is 72.1 Å². The molecule has 28 heavy (non-hydrogen) atoms. The van der Waals surface area contributed by atoms with Gasteiger partial charge < -0.3 is 15.7 Å². The minimum Gasteiger partial charge on any atom is -0.369 e. The van der Waals surface area contributed by atoms with E-state index >= 15 is 0 Å². The van der Waals surface area contributed by atoms with E-state index in [-0.39, 0.29) is 0 Å². The molecular formula is C22H24N6. The van der Waals surface area contributed by atoms with E-state index in [1.165, 1.54) is 21.9 Å². The second kappa shape index (κ2) is 8.43. The van der Waals surface area contributed by atoms with Crippen molar-refractivity contribution in [1.82, 2.24) is 15.4 Å². The number of aromatic nitrogens is 2. The summed E-state index contributed by atoms with van der Waals surface area (Å²) in [6.45, 7) is 0.513. The number of H-pyrrole nitrogens is 2. The predicted molar refractivity (Wildman–Crippen MR) is 116 cm³/mol. The van der Waals surface area contributed by atoms with Gasteiger partial charge in [-0.25, -0.2) is 10.4 Å². The van der Waals surface area contributed by atoms with Crippen molar-refractivity contribution in [2.75, 3.05) is 0 Å². The van der Waals surface area contributed by atoms with E-state index in [0.29, 0.717) is 12.5 Å². The standard InChI is InChI=1S/C22H24N6/c23-22(26-15-17-14-25-21-11-4-2-9-19(17)21)28-27-12-6-5-7-16-13-24-20-10-3-1-8-18(16)20/h1-4,8-14,24-25H,5-7,15H2,(H3,23,26,28)/b27-12+. The van der Waals surface area contributed by atoms with E-state index in [9.17, 15) is 0 Å². The smallest absolute Gasteiger partial charge is 0.209 e.